The zero-order valence-corrected chi connectivity index (χ0v) is 36.6. The third-order valence-electron chi connectivity index (χ3n) is 13.4. The molecule has 3 heteroatoms. The molecule has 0 saturated heterocycles. The Hall–Kier alpha value is -8.92. The third kappa shape index (κ3) is 6.67. The molecule has 11 aromatic carbocycles. The summed E-state index contributed by atoms with van der Waals surface area (Å²) in [5.41, 5.74) is 18.0. The van der Waals surface area contributed by atoms with Gasteiger partial charge in [0.15, 0.2) is 0 Å². The van der Waals surface area contributed by atoms with Gasteiger partial charge < -0.3 is 13.9 Å². The van der Waals surface area contributed by atoms with Gasteiger partial charge in [-0.25, -0.2) is 0 Å². The number of hydrogen-bond donors (Lipinski definition) is 0. The molecule has 0 radical (unpaired) electrons. The van der Waals surface area contributed by atoms with Crippen LogP contribution in [0, 0.1) is 0 Å². The van der Waals surface area contributed by atoms with Gasteiger partial charge in [0.2, 0.25) is 0 Å². The van der Waals surface area contributed by atoms with Crippen LogP contribution in [0.1, 0.15) is 0 Å². The number of fused-ring (bicyclic) bond motifs is 8. The third-order valence-corrected chi connectivity index (χ3v) is 13.4. The zero-order valence-electron chi connectivity index (χ0n) is 36.6. The lowest BCUT2D eigenvalue weighted by Gasteiger charge is -2.27. The summed E-state index contributed by atoms with van der Waals surface area (Å²) in [5.74, 6) is 0. The second-order valence-electron chi connectivity index (χ2n) is 17.3. The number of hydrogen-bond acceptors (Lipinski definition) is 2. The van der Waals surface area contributed by atoms with E-state index in [0.29, 0.717) is 0 Å². The van der Waals surface area contributed by atoms with Gasteiger partial charge in [0.1, 0.15) is 11.2 Å². The minimum atomic E-state index is 0.867. The van der Waals surface area contributed by atoms with E-state index in [1.807, 2.05) is 0 Å². The molecule has 0 aliphatic heterocycles. The van der Waals surface area contributed by atoms with Crippen molar-refractivity contribution in [2.24, 2.45) is 0 Å². The van der Waals surface area contributed by atoms with Crippen LogP contribution in [0.15, 0.2) is 259 Å². The minimum absolute atomic E-state index is 0.867. The van der Waals surface area contributed by atoms with E-state index in [4.69, 9.17) is 4.42 Å². The Labute approximate surface area is 388 Å². The first kappa shape index (κ1) is 38.5. The minimum Gasteiger partial charge on any atom is -0.456 e. The molecule has 0 amide bonds. The van der Waals surface area contributed by atoms with Gasteiger partial charge in [-0.1, -0.05) is 182 Å². The molecule has 2 aromatic heterocycles. The SMILES string of the molecule is c1ccc(-c2ccc(N(c3ccc(-c4ccc(-c5ccc(-c6ccc7c(c6)c6ccccc6n7-c6ccccc6)cc5)cc4)cc3)c3cccc4oc5ccc6ccccc6c5c34)cc2)cc1. The zero-order chi connectivity index (χ0) is 44.3. The maximum atomic E-state index is 6.56. The molecular formula is C64H42N2O. The van der Waals surface area contributed by atoms with Crippen LogP contribution < -0.4 is 4.90 Å². The van der Waals surface area contributed by atoms with Crippen LogP contribution in [-0.2, 0) is 0 Å². The predicted molar refractivity (Wildman–Crippen MR) is 282 cm³/mol. The van der Waals surface area contributed by atoms with E-state index < -0.39 is 0 Å². The van der Waals surface area contributed by atoms with E-state index >= 15 is 0 Å². The summed E-state index contributed by atoms with van der Waals surface area (Å²) < 4.78 is 8.92. The highest BCUT2D eigenvalue weighted by atomic mass is 16.3. The Morgan fingerprint density at radius 1 is 0.299 bits per heavy atom. The Bertz CT molecular complexity index is 3920. The van der Waals surface area contributed by atoms with Crippen LogP contribution in [0.25, 0.3) is 105 Å². The second kappa shape index (κ2) is 16.0. The first-order chi connectivity index (χ1) is 33.2. The van der Waals surface area contributed by atoms with Crippen molar-refractivity contribution in [2.45, 2.75) is 0 Å². The molecule has 0 fully saturated rings. The lowest BCUT2D eigenvalue weighted by Crippen LogP contribution is -2.10. The van der Waals surface area contributed by atoms with Crippen LogP contribution in [0.4, 0.5) is 17.1 Å². The highest BCUT2D eigenvalue weighted by Gasteiger charge is 2.21. The number of benzene rings is 11. The summed E-state index contributed by atoms with van der Waals surface area (Å²) in [7, 11) is 0. The number of nitrogens with zero attached hydrogens (tertiary/aromatic N) is 2. The highest BCUT2D eigenvalue weighted by Crippen LogP contribution is 2.45. The van der Waals surface area contributed by atoms with Crippen molar-refractivity contribution in [3.8, 4) is 50.2 Å². The molecule has 0 unspecified atom stereocenters. The summed E-state index contributed by atoms with van der Waals surface area (Å²) in [5, 5.41) is 7.12. The number of anilines is 3. The van der Waals surface area contributed by atoms with Crippen LogP contribution in [0.2, 0.25) is 0 Å². The predicted octanol–water partition coefficient (Wildman–Crippen LogP) is 18.0. The normalized spacial score (nSPS) is 11.6. The van der Waals surface area contributed by atoms with Crippen LogP contribution >= 0.6 is 0 Å². The van der Waals surface area contributed by atoms with Crippen molar-refractivity contribution in [2.75, 3.05) is 4.90 Å². The van der Waals surface area contributed by atoms with Gasteiger partial charge in [-0.05, 0) is 128 Å². The molecule has 0 aliphatic carbocycles. The van der Waals surface area contributed by atoms with Crippen molar-refractivity contribution in [1.29, 1.82) is 0 Å². The lowest BCUT2D eigenvalue weighted by atomic mass is 9.97. The van der Waals surface area contributed by atoms with Gasteiger partial charge in [-0.3, -0.25) is 0 Å². The molecule has 67 heavy (non-hydrogen) atoms. The van der Waals surface area contributed by atoms with Gasteiger partial charge >= 0.3 is 0 Å². The number of rotatable bonds is 8. The molecule has 3 nitrogen and oxygen atoms in total. The molecular weight excluding hydrogens is 813 g/mol. The van der Waals surface area contributed by atoms with E-state index in [1.165, 1.54) is 77.2 Å². The molecule has 13 rings (SSSR count). The monoisotopic (exact) mass is 854 g/mol. The van der Waals surface area contributed by atoms with Gasteiger partial charge in [0.05, 0.1) is 22.1 Å². The lowest BCUT2D eigenvalue weighted by molar-refractivity contribution is 0.669. The largest absolute Gasteiger partial charge is 0.456 e. The number of furan rings is 1. The molecule has 0 N–H and O–H groups in total. The smallest absolute Gasteiger partial charge is 0.137 e. The van der Waals surface area contributed by atoms with Crippen LogP contribution in [0.3, 0.4) is 0 Å². The van der Waals surface area contributed by atoms with Gasteiger partial charge in [-0.2, -0.15) is 0 Å². The van der Waals surface area contributed by atoms with E-state index in [1.54, 1.807) is 0 Å². The quantitative estimate of drug-likeness (QED) is 0.152. The summed E-state index contributed by atoms with van der Waals surface area (Å²) >= 11 is 0. The van der Waals surface area contributed by atoms with Gasteiger partial charge in [-0.15, -0.1) is 0 Å². The van der Waals surface area contributed by atoms with Crippen LogP contribution in [0.5, 0.6) is 0 Å². The molecule has 314 valence electrons. The average molecular weight is 855 g/mol. The molecule has 0 atom stereocenters. The summed E-state index contributed by atoms with van der Waals surface area (Å²) in [6.07, 6.45) is 0. The maximum absolute atomic E-state index is 6.56. The Morgan fingerprint density at radius 3 is 1.42 bits per heavy atom. The maximum Gasteiger partial charge on any atom is 0.137 e. The Balaban J connectivity index is 0.819. The fourth-order valence-corrected chi connectivity index (χ4v) is 10.1. The van der Waals surface area contributed by atoms with Crippen molar-refractivity contribution < 1.29 is 4.42 Å². The fraction of sp³-hybridized carbons (Fsp3) is 0. The first-order valence-corrected chi connectivity index (χ1v) is 22.9. The standard InChI is InChI=1S/C64H42N2O/c1-3-12-43(13-4-1)47-30-36-53(37-31-47)65(60-20-11-21-61-64(60)63-55-17-8-7-14-50(55)35-41-62(63)67-61)54-38-32-48(33-39-54)46-24-22-44(23-25-46)45-26-28-49(29-27-45)51-34-40-59-57(42-51)56-18-9-10-19-58(56)66(59)52-15-5-2-6-16-52/h1-42H. The summed E-state index contributed by atoms with van der Waals surface area (Å²) in [6.45, 7) is 0. The first-order valence-electron chi connectivity index (χ1n) is 22.9. The Morgan fingerprint density at radius 2 is 0.776 bits per heavy atom. The van der Waals surface area contributed by atoms with E-state index in [2.05, 4.69) is 264 Å². The molecule has 0 saturated carbocycles. The van der Waals surface area contributed by atoms with Crippen molar-refractivity contribution in [1.82, 2.24) is 4.57 Å². The molecule has 0 spiro atoms. The van der Waals surface area contributed by atoms with E-state index in [9.17, 15) is 0 Å². The van der Waals surface area contributed by atoms with E-state index in [-0.39, 0.29) is 0 Å². The van der Waals surface area contributed by atoms with Gasteiger partial charge in [0, 0.05) is 33.2 Å². The Kier molecular flexibility index (Phi) is 9.17. The summed E-state index contributed by atoms with van der Waals surface area (Å²) in [6, 6.07) is 91.7. The number of aromatic nitrogens is 1. The van der Waals surface area contributed by atoms with Crippen LogP contribution in [-0.4, -0.2) is 4.57 Å². The molecule has 13 aromatic rings. The highest BCUT2D eigenvalue weighted by molar-refractivity contribution is 6.23. The second-order valence-corrected chi connectivity index (χ2v) is 17.3. The van der Waals surface area contributed by atoms with E-state index in [0.717, 1.165) is 44.6 Å². The van der Waals surface area contributed by atoms with Gasteiger partial charge in [0.25, 0.3) is 0 Å². The van der Waals surface area contributed by atoms with Crippen molar-refractivity contribution >= 4 is 71.6 Å². The average Bonchev–Trinajstić information content (AvgIpc) is 3.96. The molecule has 2 heterocycles. The fourth-order valence-electron chi connectivity index (χ4n) is 10.1. The molecule has 0 aliphatic rings. The topological polar surface area (TPSA) is 21.3 Å². The summed E-state index contributed by atoms with van der Waals surface area (Å²) in [4.78, 5) is 2.37. The number of para-hydroxylation sites is 2. The van der Waals surface area contributed by atoms with Crippen molar-refractivity contribution in [3.63, 3.8) is 0 Å². The molecule has 0 bridgehead atoms. The van der Waals surface area contributed by atoms with Crippen molar-refractivity contribution in [3.05, 3.63) is 255 Å².